The monoisotopic (exact) mass is 311 g/mol. The van der Waals surface area contributed by atoms with Crippen molar-refractivity contribution < 1.29 is 22.6 Å². The van der Waals surface area contributed by atoms with Gasteiger partial charge in [0.15, 0.2) is 0 Å². The highest BCUT2D eigenvalue weighted by Gasteiger charge is 2.31. The average Bonchev–Trinajstić information content (AvgIpc) is 2.25. The van der Waals surface area contributed by atoms with Gasteiger partial charge in [0.2, 0.25) is 0 Å². The Morgan fingerprint density at radius 1 is 1.40 bits per heavy atom. The van der Waals surface area contributed by atoms with Gasteiger partial charge in [0.25, 0.3) is 0 Å². The lowest BCUT2D eigenvalue weighted by molar-refractivity contribution is -0.274. The van der Waals surface area contributed by atoms with Gasteiger partial charge in [-0.15, -0.1) is 32.2 Å². The third kappa shape index (κ3) is 5.71. The minimum absolute atomic E-state index is 0. The number of ether oxygens (including phenoxy) is 2. The Kier molecular flexibility index (Phi) is 6.88. The number of methoxy groups -OCH3 is 1. The lowest BCUT2D eigenvalue weighted by Gasteiger charge is -2.17. The summed E-state index contributed by atoms with van der Waals surface area (Å²) in [6.07, 6.45) is -4.28. The van der Waals surface area contributed by atoms with Crippen molar-refractivity contribution in [2.24, 2.45) is 5.73 Å². The number of benzene rings is 1. The Labute approximate surface area is 122 Å². The molecule has 0 aliphatic heterocycles. The molecule has 0 unspecified atom stereocenters. The van der Waals surface area contributed by atoms with Crippen molar-refractivity contribution in [3.63, 3.8) is 0 Å². The third-order valence-electron chi connectivity index (χ3n) is 2.40. The molecule has 0 saturated carbocycles. The van der Waals surface area contributed by atoms with E-state index in [9.17, 15) is 13.2 Å². The maximum Gasteiger partial charge on any atom is 0.573 e. The summed E-state index contributed by atoms with van der Waals surface area (Å²) >= 11 is 0. The molecule has 0 aliphatic rings. The SMILES string of the molecule is C=C(C)C[C@@H](N)c1cc(OC(F)(F)F)ccc1OC.Cl. The molecule has 0 bridgehead atoms. The van der Waals surface area contributed by atoms with Crippen molar-refractivity contribution in [1.29, 1.82) is 0 Å². The van der Waals surface area contributed by atoms with Gasteiger partial charge in [-0.25, -0.2) is 0 Å². The number of rotatable bonds is 5. The fourth-order valence-corrected chi connectivity index (χ4v) is 1.68. The molecule has 1 rings (SSSR count). The van der Waals surface area contributed by atoms with Crippen LogP contribution in [0.25, 0.3) is 0 Å². The standard InChI is InChI=1S/C13H16F3NO2.ClH/c1-8(2)6-11(17)10-7-9(19-13(14,15)16)4-5-12(10)18-3;/h4-5,7,11H,1,6,17H2,2-3H3;1H/t11-;/m1./s1. The highest BCUT2D eigenvalue weighted by Crippen LogP contribution is 2.33. The summed E-state index contributed by atoms with van der Waals surface area (Å²) in [6.45, 7) is 5.52. The van der Waals surface area contributed by atoms with Gasteiger partial charge >= 0.3 is 6.36 Å². The number of hydrogen-bond acceptors (Lipinski definition) is 3. The van der Waals surface area contributed by atoms with Gasteiger partial charge in [-0.2, -0.15) is 0 Å². The summed E-state index contributed by atoms with van der Waals surface area (Å²) in [5.74, 6) is 0.101. The average molecular weight is 312 g/mol. The number of alkyl halides is 3. The molecule has 1 atom stereocenters. The molecule has 0 heterocycles. The second-order valence-electron chi connectivity index (χ2n) is 4.22. The summed E-state index contributed by atoms with van der Waals surface area (Å²) in [7, 11) is 1.43. The van der Waals surface area contributed by atoms with Crippen molar-refractivity contribution in [2.45, 2.75) is 25.7 Å². The Morgan fingerprint density at radius 3 is 2.45 bits per heavy atom. The van der Waals surface area contributed by atoms with E-state index < -0.39 is 12.4 Å². The van der Waals surface area contributed by atoms with Gasteiger partial charge < -0.3 is 15.2 Å². The fourth-order valence-electron chi connectivity index (χ4n) is 1.68. The van der Waals surface area contributed by atoms with Gasteiger partial charge in [0.1, 0.15) is 11.5 Å². The van der Waals surface area contributed by atoms with E-state index in [0.29, 0.717) is 17.7 Å². The Bertz CT molecular complexity index is 463. The van der Waals surface area contributed by atoms with Crippen LogP contribution in [0.4, 0.5) is 13.2 Å². The highest BCUT2D eigenvalue weighted by atomic mass is 35.5. The van der Waals surface area contributed by atoms with Gasteiger partial charge in [-0.1, -0.05) is 5.57 Å². The lowest BCUT2D eigenvalue weighted by Crippen LogP contribution is -2.18. The van der Waals surface area contributed by atoms with Crippen LogP contribution in [0.15, 0.2) is 30.4 Å². The van der Waals surface area contributed by atoms with Crippen LogP contribution in [0.1, 0.15) is 24.9 Å². The first-order valence-corrected chi connectivity index (χ1v) is 5.56. The smallest absolute Gasteiger partial charge is 0.496 e. The zero-order valence-electron chi connectivity index (χ0n) is 11.2. The van der Waals surface area contributed by atoms with Crippen molar-refractivity contribution in [1.82, 2.24) is 0 Å². The minimum Gasteiger partial charge on any atom is -0.496 e. The Hall–Kier alpha value is -1.40. The molecule has 20 heavy (non-hydrogen) atoms. The topological polar surface area (TPSA) is 44.5 Å². The Morgan fingerprint density at radius 2 is 2.00 bits per heavy atom. The summed E-state index contributed by atoms with van der Waals surface area (Å²) in [5, 5.41) is 0. The summed E-state index contributed by atoms with van der Waals surface area (Å²) in [5.41, 5.74) is 7.21. The molecule has 0 saturated heterocycles. The number of hydrogen-bond donors (Lipinski definition) is 1. The first-order chi connectivity index (χ1) is 8.73. The largest absolute Gasteiger partial charge is 0.573 e. The highest BCUT2D eigenvalue weighted by molar-refractivity contribution is 5.85. The Balaban J connectivity index is 0.00000361. The van der Waals surface area contributed by atoms with Gasteiger partial charge in [0.05, 0.1) is 7.11 Å². The molecular weight excluding hydrogens is 295 g/mol. The zero-order chi connectivity index (χ0) is 14.6. The van der Waals surface area contributed by atoms with E-state index in [4.69, 9.17) is 10.5 Å². The van der Waals surface area contributed by atoms with Crippen LogP contribution in [0.5, 0.6) is 11.5 Å². The molecule has 0 amide bonds. The molecule has 3 nitrogen and oxygen atoms in total. The van der Waals surface area contributed by atoms with Crippen LogP contribution in [0.3, 0.4) is 0 Å². The molecule has 7 heteroatoms. The van der Waals surface area contributed by atoms with Gasteiger partial charge in [-0.05, 0) is 31.5 Å². The molecule has 1 aromatic rings. The second kappa shape index (κ2) is 7.40. The van der Waals surface area contributed by atoms with Crippen LogP contribution in [0.2, 0.25) is 0 Å². The molecular formula is C13H17ClF3NO2. The van der Waals surface area contributed by atoms with Crippen molar-refractivity contribution in [3.8, 4) is 11.5 Å². The van der Waals surface area contributed by atoms with E-state index in [1.54, 1.807) is 6.92 Å². The number of nitrogens with two attached hydrogens (primary N) is 1. The van der Waals surface area contributed by atoms with E-state index in [2.05, 4.69) is 11.3 Å². The van der Waals surface area contributed by atoms with Crippen LogP contribution >= 0.6 is 12.4 Å². The second-order valence-corrected chi connectivity index (χ2v) is 4.22. The van der Waals surface area contributed by atoms with Crippen LogP contribution in [-0.4, -0.2) is 13.5 Å². The normalized spacial score (nSPS) is 12.3. The molecule has 0 spiro atoms. The van der Waals surface area contributed by atoms with Crippen LogP contribution in [-0.2, 0) is 0 Å². The van der Waals surface area contributed by atoms with Gasteiger partial charge in [0, 0.05) is 11.6 Å². The minimum atomic E-state index is -4.73. The third-order valence-corrected chi connectivity index (χ3v) is 2.40. The molecule has 0 fully saturated rings. The van der Waals surface area contributed by atoms with E-state index in [-0.39, 0.29) is 18.2 Å². The molecule has 2 N–H and O–H groups in total. The van der Waals surface area contributed by atoms with Crippen LogP contribution < -0.4 is 15.2 Å². The zero-order valence-corrected chi connectivity index (χ0v) is 12.0. The molecule has 0 aliphatic carbocycles. The van der Waals surface area contributed by atoms with Crippen molar-refractivity contribution >= 4 is 12.4 Å². The van der Waals surface area contributed by atoms with Gasteiger partial charge in [-0.3, -0.25) is 0 Å². The quantitative estimate of drug-likeness (QED) is 0.836. The van der Waals surface area contributed by atoms with Crippen molar-refractivity contribution in [3.05, 3.63) is 35.9 Å². The molecule has 114 valence electrons. The van der Waals surface area contributed by atoms with E-state index >= 15 is 0 Å². The molecule has 0 radical (unpaired) electrons. The maximum atomic E-state index is 12.2. The molecule has 1 aromatic carbocycles. The first-order valence-electron chi connectivity index (χ1n) is 5.56. The fraction of sp³-hybridized carbons (Fsp3) is 0.385. The summed E-state index contributed by atoms with van der Waals surface area (Å²) < 4.78 is 45.5. The van der Waals surface area contributed by atoms with E-state index in [1.165, 1.54) is 25.3 Å². The lowest BCUT2D eigenvalue weighted by atomic mass is 10.00. The van der Waals surface area contributed by atoms with E-state index in [1.807, 2.05) is 0 Å². The maximum absolute atomic E-state index is 12.2. The summed E-state index contributed by atoms with van der Waals surface area (Å²) in [4.78, 5) is 0. The first kappa shape index (κ1) is 18.6. The predicted molar refractivity (Wildman–Crippen MR) is 73.3 cm³/mol. The number of halogens is 4. The van der Waals surface area contributed by atoms with Crippen molar-refractivity contribution in [2.75, 3.05) is 7.11 Å². The predicted octanol–water partition coefficient (Wildman–Crippen LogP) is 3.98. The van der Waals surface area contributed by atoms with Crippen LogP contribution in [0, 0.1) is 0 Å². The molecule has 0 aromatic heterocycles. The summed E-state index contributed by atoms with van der Waals surface area (Å²) in [6, 6.07) is 3.32. The van der Waals surface area contributed by atoms with E-state index in [0.717, 1.165) is 5.57 Å².